The maximum Gasteiger partial charge on any atom is 0.253 e. The molecule has 2 aromatic carbocycles. The fourth-order valence-corrected chi connectivity index (χ4v) is 3.14. The minimum absolute atomic E-state index is 0.0758. The van der Waals surface area contributed by atoms with Gasteiger partial charge < -0.3 is 15.1 Å². The van der Waals surface area contributed by atoms with E-state index in [0.717, 1.165) is 11.5 Å². The molecule has 0 atom stereocenters. The van der Waals surface area contributed by atoms with Gasteiger partial charge in [0.2, 0.25) is 0 Å². The number of para-hydroxylation sites is 1. The summed E-state index contributed by atoms with van der Waals surface area (Å²) in [5.74, 6) is 1.05. The lowest BCUT2D eigenvalue weighted by Crippen LogP contribution is -2.49. The van der Waals surface area contributed by atoms with Gasteiger partial charge in [0.15, 0.2) is 11.6 Å². The predicted octanol–water partition coefficient (Wildman–Crippen LogP) is 3.32. The topological polar surface area (TPSA) is 61.4 Å². The summed E-state index contributed by atoms with van der Waals surface area (Å²) in [6, 6.07) is 19.3. The molecule has 28 heavy (non-hydrogen) atoms. The van der Waals surface area contributed by atoms with Gasteiger partial charge in [-0.05, 0) is 48.5 Å². The van der Waals surface area contributed by atoms with E-state index in [1.165, 1.54) is 24.3 Å². The van der Waals surface area contributed by atoms with Crippen molar-refractivity contribution in [2.24, 2.45) is 0 Å². The van der Waals surface area contributed by atoms with E-state index in [1.807, 2.05) is 42.5 Å². The maximum absolute atomic E-state index is 13.0. The van der Waals surface area contributed by atoms with E-state index < -0.39 is 0 Å². The minimum Gasteiger partial charge on any atom is -0.352 e. The van der Waals surface area contributed by atoms with E-state index in [0.29, 0.717) is 37.6 Å². The van der Waals surface area contributed by atoms with Crippen molar-refractivity contribution in [1.82, 2.24) is 15.1 Å². The van der Waals surface area contributed by atoms with Crippen LogP contribution in [0.15, 0.2) is 66.7 Å². The fourth-order valence-electron chi connectivity index (χ4n) is 3.14. The Balaban J connectivity index is 1.34. The lowest BCUT2D eigenvalue weighted by Gasteiger charge is -2.35. The number of halogens is 1. The molecule has 1 saturated heterocycles. The number of aromatic nitrogens is 2. The lowest BCUT2D eigenvalue weighted by molar-refractivity contribution is 0.0746. The minimum atomic E-state index is -0.342. The van der Waals surface area contributed by atoms with Gasteiger partial charge in [-0.15, -0.1) is 10.2 Å². The second-order valence-electron chi connectivity index (χ2n) is 6.55. The Bertz CT molecular complexity index is 923. The van der Waals surface area contributed by atoms with Crippen LogP contribution in [0, 0.1) is 5.82 Å². The van der Waals surface area contributed by atoms with Crippen molar-refractivity contribution in [2.45, 2.75) is 0 Å². The first-order chi connectivity index (χ1) is 13.7. The van der Waals surface area contributed by atoms with Crippen LogP contribution in [0.2, 0.25) is 0 Å². The molecular formula is C21H20FN5O. The van der Waals surface area contributed by atoms with Crippen molar-refractivity contribution in [2.75, 3.05) is 36.4 Å². The summed E-state index contributed by atoms with van der Waals surface area (Å²) in [6.07, 6.45) is 0. The zero-order chi connectivity index (χ0) is 19.3. The van der Waals surface area contributed by atoms with E-state index in [2.05, 4.69) is 20.4 Å². The first-order valence-electron chi connectivity index (χ1n) is 9.15. The normalized spacial score (nSPS) is 14.0. The third-order valence-electron chi connectivity index (χ3n) is 4.68. The number of hydrogen-bond acceptors (Lipinski definition) is 5. The number of nitrogens with one attached hydrogen (secondary N) is 1. The van der Waals surface area contributed by atoms with E-state index in [-0.39, 0.29) is 11.7 Å². The van der Waals surface area contributed by atoms with Crippen LogP contribution in [0.1, 0.15) is 10.4 Å². The SMILES string of the molecule is O=C(c1ccc(F)cc1)N1CCN(c2ccc(Nc3ccccc3)nn2)CC1. The van der Waals surface area contributed by atoms with Gasteiger partial charge in [-0.1, -0.05) is 18.2 Å². The molecule has 0 saturated carbocycles. The van der Waals surface area contributed by atoms with Crippen molar-refractivity contribution < 1.29 is 9.18 Å². The van der Waals surface area contributed by atoms with Crippen LogP contribution in [-0.2, 0) is 0 Å². The molecule has 4 rings (SSSR count). The van der Waals surface area contributed by atoms with Crippen LogP contribution in [0.25, 0.3) is 0 Å². The Labute approximate surface area is 162 Å². The third kappa shape index (κ3) is 4.09. The van der Waals surface area contributed by atoms with E-state index in [1.54, 1.807) is 4.90 Å². The summed E-state index contributed by atoms with van der Waals surface area (Å²) < 4.78 is 13.0. The zero-order valence-electron chi connectivity index (χ0n) is 15.3. The third-order valence-corrected chi connectivity index (χ3v) is 4.68. The summed E-state index contributed by atoms with van der Waals surface area (Å²) in [5, 5.41) is 11.8. The Morgan fingerprint density at radius 1 is 0.857 bits per heavy atom. The molecule has 2 heterocycles. The molecule has 0 aliphatic carbocycles. The molecule has 7 heteroatoms. The molecule has 6 nitrogen and oxygen atoms in total. The van der Waals surface area contributed by atoms with E-state index >= 15 is 0 Å². The molecule has 1 N–H and O–H groups in total. The number of piperazine rings is 1. The summed E-state index contributed by atoms with van der Waals surface area (Å²) in [6.45, 7) is 2.52. The van der Waals surface area contributed by atoms with Crippen LogP contribution in [-0.4, -0.2) is 47.2 Å². The largest absolute Gasteiger partial charge is 0.352 e. The first kappa shape index (κ1) is 17.9. The number of amides is 1. The summed E-state index contributed by atoms with van der Waals surface area (Å²) in [5.41, 5.74) is 1.46. The highest BCUT2D eigenvalue weighted by molar-refractivity contribution is 5.94. The Hall–Kier alpha value is -3.48. The van der Waals surface area contributed by atoms with Crippen molar-refractivity contribution >= 4 is 23.2 Å². The van der Waals surface area contributed by atoms with Gasteiger partial charge in [-0.2, -0.15) is 0 Å². The van der Waals surface area contributed by atoms with Crippen molar-refractivity contribution in [3.05, 3.63) is 78.1 Å². The summed E-state index contributed by atoms with van der Waals surface area (Å²) >= 11 is 0. The molecule has 142 valence electrons. The number of hydrogen-bond donors (Lipinski definition) is 1. The van der Waals surface area contributed by atoms with Gasteiger partial charge in [-0.25, -0.2) is 4.39 Å². The Morgan fingerprint density at radius 3 is 2.21 bits per heavy atom. The van der Waals surface area contributed by atoms with Gasteiger partial charge >= 0.3 is 0 Å². The zero-order valence-corrected chi connectivity index (χ0v) is 15.3. The smallest absolute Gasteiger partial charge is 0.253 e. The van der Waals surface area contributed by atoms with Crippen LogP contribution in [0.3, 0.4) is 0 Å². The maximum atomic E-state index is 13.0. The van der Waals surface area contributed by atoms with Crippen molar-refractivity contribution in [1.29, 1.82) is 0 Å². The van der Waals surface area contributed by atoms with Gasteiger partial charge in [0.25, 0.3) is 5.91 Å². The van der Waals surface area contributed by atoms with Gasteiger partial charge in [0.1, 0.15) is 5.82 Å². The van der Waals surface area contributed by atoms with Crippen LogP contribution >= 0.6 is 0 Å². The predicted molar refractivity (Wildman–Crippen MR) is 106 cm³/mol. The Kier molecular flexibility index (Phi) is 5.14. The number of nitrogens with zero attached hydrogens (tertiary/aromatic N) is 4. The monoisotopic (exact) mass is 377 g/mol. The molecule has 3 aromatic rings. The van der Waals surface area contributed by atoms with E-state index in [4.69, 9.17) is 0 Å². The number of benzene rings is 2. The highest BCUT2D eigenvalue weighted by Gasteiger charge is 2.23. The fraction of sp³-hybridized carbons (Fsp3) is 0.190. The van der Waals surface area contributed by atoms with Crippen LogP contribution < -0.4 is 10.2 Å². The number of rotatable bonds is 4. The molecule has 1 amide bonds. The number of carbonyl (C=O) groups excluding carboxylic acids is 1. The number of carbonyl (C=O) groups is 1. The van der Waals surface area contributed by atoms with Gasteiger partial charge in [0, 0.05) is 37.4 Å². The van der Waals surface area contributed by atoms with Crippen molar-refractivity contribution in [3.63, 3.8) is 0 Å². The number of anilines is 3. The summed E-state index contributed by atoms with van der Waals surface area (Å²) in [7, 11) is 0. The van der Waals surface area contributed by atoms with Crippen molar-refractivity contribution in [3.8, 4) is 0 Å². The first-order valence-corrected chi connectivity index (χ1v) is 9.15. The Morgan fingerprint density at radius 2 is 1.57 bits per heavy atom. The van der Waals surface area contributed by atoms with Gasteiger partial charge in [0.05, 0.1) is 0 Å². The molecule has 0 spiro atoms. The highest BCUT2D eigenvalue weighted by Crippen LogP contribution is 2.18. The molecular weight excluding hydrogens is 357 g/mol. The molecule has 1 fully saturated rings. The summed E-state index contributed by atoms with van der Waals surface area (Å²) in [4.78, 5) is 16.4. The second-order valence-corrected chi connectivity index (χ2v) is 6.55. The van der Waals surface area contributed by atoms with E-state index in [9.17, 15) is 9.18 Å². The quantitative estimate of drug-likeness (QED) is 0.756. The molecule has 0 bridgehead atoms. The van der Waals surface area contributed by atoms with Crippen LogP contribution in [0.5, 0.6) is 0 Å². The molecule has 1 aromatic heterocycles. The molecule has 0 unspecified atom stereocenters. The average Bonchev–Trinajstić information content (AvgIpc) is 2.75. The second kappa shape index (κ2) is 8.04. The molecule has 1 aliphatic heterocycles. The van der Waals surface area contributed by atoms with Crippen LogP contribution in [0.4, 0.5) is 21.7 Å². The standard InChI is InChI=1S/C21H20FN5O/c22-17-8-6-16(7-9-17)21(28)27-14-12-26(13-15-27)20-11-10-19(24-25-20)23-18-4-2-1-3-5-18/h1-11H,12-15H2,(H,23,24). The van der Waals surface area contributed by atoms with Gasteiger partial charge in [-0.3, -0.25) is 4.79 Å². The molecule has 0 radical (unpaired) electrons. The highest BCUT2D eigenvalue weighted by atomic mass is 19.1. The average molecular weight is 377 g/mol. The lowest BCUT2D eigenvalue weighted by atomic mass is 10.2. The molecule has 1 aliphatic rings.